The Morgan fingerprint density at radius 3 is 2.34 bits per heavy atom. The van der Waals surface area contributed by atoms with Gasteiger partial charge in [-0.15, -0.1) is 0 Å². The zero-order chi connectivity index (χ0) is 21.2. The molecule has 0 bridgehead atoms. The molecule has 160 valence electrons. The second kappa shape index (κ2) is 8.66. The van der Waals surface area contributed by atoms with Crippen molar-refractivity contribution in [3.8, 4) is 5.75 Å². The summed E-state index contributed by atoms with van der Waals surface area (Å²) in [4.78, 5) is 14.4. The lowest BCUT2D eigenvalue weighted by molar-refractivity contribution is -0.121. The maximum atomic E-state index is 12.1. The first kappa shape index (κ1) is 22.1. The molecule has 2 saturated heterocycles. The average molecular weight is 403 g/mol. The Hall–Kier alpha value is -1.57. The van der Waals surface area contributed by atoms with Crippen molar-refractivity contribution in [1.29, 1.82) is 0 Å². The Bertz CT molecular complexity index is 712. The number of nitrogens with zero attached hydrogens (tertiary/aromatic N) is 1. The molecule has 7 heteroatoms. The summed E-state index contributed by atoms with van der Waals surface area (Å²) < 4.78 is 23.9. The molecule has 0 unspecified atom stereocenters. The normalized spacial score (nSPS) is 20.9. The van der Waals surface area contributed by atoms with Gasteiger partial charge >= 0.3 is 7.12 Å². The first-order valence-corrected chi connectivity index (χ1v) is 10.6. The highest BCUT2D eigenvalue weighted by Gasteiger charge is 2.51. The number of hydrogen-bond donors (Lipinski definition) is 0. The topological polar surface area (TPSA) is 57.2 Å². The Labute approximate surface area is 175 Å². The number of hydrogen-bond acceptors (Lipinski definition) is 6. The van der Waals surface area contributed by atoms with Crippen LogP contribution in [-0.2, 0) is 18.8 Å². The second-order valence-corrected chi connectivity index (χ2v) is 9.34. The number of carbonyl (C=O) groups is 1. The van der Waals surface area contributed by atoms with Crippen LogP contribution >= 0.6 is 0 Å². The molecule has 29 heavy (non-hydrogen) atoms. The van der Waals surface area contributed by atoms with E-state index in [0.29, 0.717) is 31.3 Å². The third-order valence-electron chi connectivity index (χ3n) is 5.88. The average Bonchev–Trinajstić information content (AvgIpc) is 2.87. The molecule has 0 N–H and O–H groups in total. The highest BCUT2D eigenvalue weighted by atomic mass is 16.7. The number of carbonyl (C=O) groups excluding carboxylic acids is 1. The third kappa shape index (κ3) is 5.14. The van der Waals surface area contributed by atoms with E-state index in [1.54, 1.807) is 0 Å². The van der Waals surface area contributed by atoms with Gasteiger partial charge in [-0.1, -0.05) is 19.9 Å². The van der Waals surface area contributed by atoms with E-state index < -0.39 is 18.3 Å². The van der Waals surface area contributed by atoms with E-state index in [2.05, 4.69) is 11.0 Å². The standard InChI is InChI=1S/C22H34BNO5/c1-16(2)13-18(25)15-27-20-8-7-17(14-19(20)24-9-11-26-12-10-24)23-28-21(3,4)22(5,6)29-23/h7-8,14,16H,9-13,15H2,1-6H3. The van der Waals surface area contributed by atoms with E-state index in [1.165, 1.54) is 0 Å². The minimum absolute atomic E-state index is 0.0886. The number of anilines is 1. The number of rotatable bonds is 7. The SMILES string of the molecule is CC(C)CC(=O)COc1ccc(B2OC(C)(C)C(C)(C)O2)cc1N1CCOCC1. The first-order valence-electron chi connectivity index (χ1n) is 10.6. The lowest BCUT2D eigenvalue weighted by atomic mass is 9.78. The molecular weight excluding hydrogens is 369 g/mol. The van der Waals surface area contributed by atoms with Crippen molar-refractivity contribution in [2.24, 2.45) is 5.92 Å². The van der Waals surface area contributed by atoms with Gasteiger partial charge in [0.1, 0.15) is 12.4 Å². The maximum Gasteiger partial charge on any atom is 0.494 e. The maximum absolute atomic E-state index is 12.1. The lowest BCUT2D eigenvalue weighted by Crippen LogP contribution is -2.41. The Morgan fingerprint density at radius 1 is 1.14 bits per heavy atom. The molecule has 2 aliphatic rings. The summed E-state index contributed by atoms with van der Waals surface area (Å²) in [5.74, 6) is 1.16. The van der Waals surface area contributed by atoms with E-state index in [0.717, 1.165) is 24.2 Å². The van der Waals surface area contributed by atoms with Crippen molar-refractivity contribution in [1.82, 2.24) is 0 Å². The molecule has 6 nitrogen and oxygen atoms in total. The van der Waals surface area contributed by atoms with Crippen LogP contribution < -0.4 is 15.1 Å². The van der Waals surface area contributed by atoms with Crippen LogP contribution in [0, 0.1) is 5.92 Å². The fraction of sp³-hybridized carbons (Fsp3) is 0.682. The summed E-state index contributed by atoms with van der Waals surface area (Å²) >= 11 is 0. The summed E-state index contributed by atoms with van der Waals surface area (Å²) in [6.45, 7) is 15.3. The van der Waals surface area contributed by atoms with Crippen LogP contribution in [0.3, 0.4) is 0 Å². The van der Waals surface area contributed by atoms with Crippen molar-refractivity contribution < 1.29 is 23.6 Å². The number of Topliss-reactive ketones (excluding diaryl/α,β-unsaturated/α-hetero) is 1. The lowest BCUT2D eigenvalue weighted by Gasteiger charge is -2.32. The Kier molecular flexibility index (Phi) is 6.61. The van der Waals surface area contributed by atoms with Crippen molar-refractivity contribution in [2.45, 2.75) is 59.2 Å². The van der Waals surface area contributed by atoms with Crippen LogP contribution in [0.4, 0.5) is 5.69 Å². The van der Waals surface area contributed by atoms with Gasteiger partial charge in [0, 0.05) is 19.5 Å². The van der Waals surface area contributed by atoms with E-state index in [4.69, 9.17) is 18.8 Å². The van der Waals surface area contributed by atoms with Crippen molar-refractivity contribution in [3.63, 3.8) is 0 Å². The molecule has 0 aromatic heterocycles. The molecule has 2 aliphatic heterocycles. The van der Waals surface area contributed by atoms with Gasteiger partial charge in [0.2, 0.25) is 0 Å². The van der Waals surface area contributed by atoms with Crippen LogP contribution in [0.1, 0.15) is 48.0 Å². The second-order valence-electron chi connectivity index (χ2n) is 9.34. The Morgan fingerprint density at radius 2 is 1.76 bits per heavy atom. The van der Waals surface area contributed by atoms with Crippen LogP contribution in [-0.4, -0.2) is 57.0 Å². The van der Waals surface area contributed by atoms with Crippen molar-refractivity contribution in [2.75, 3.05) is 37.8 Å². The van der Waals surface area contributed by atoms with Gasteiger partial charge in [0.25, 0.3) is 0 Å². The third-order valence-corrected chi connectivity index (χ3v) is 5.88. The molecule has 0 amide bonds. The van der Waals surface area contributed by atoms with Crippen LogP contribution in [0.25, 0.3) is 0 Å². The smallest absolute Gasteiger partial charge is 0.484 e. The molecule has 0 spiro atoms. The minimum atomic E-state index is -0.434. The number of morpholine rings is 1. The van der Waals surface area contributed by atoms with Crippen molar-refractivity contribution >= 4 is 24.1 Å². The largest absolute Gasteiger partial charge is 0.494 e. The predicted octanol–water partition coefficient (Wildman–Crippen LogP) is 2.82. The molecule has 1 aromatic rings. The van der Waals surface area contributed by atoms with E-state index in [1.807, 2.05) is 53.7 Å². The number of ketones is 1. The fourth-order valence-corrected chi connectivity index (χ4v) is 3.51. The van der Waals surface area contributed by atoms with Gasteiger partial charge < -0.3 is 23.7 Å². The Balaban J connectivity index is 1.83. The summed E-state index contributed by atoms with van der Waals surface area (Å²) in [5, 5.41) is 0. The van der Waals surface area contributed by atoms with Crippen molar-refractivity contribution in [3.05, 3.63) is 18.2 Å². The van der Waals surface area contributed by atoms with Gasteiger partial charge in [0.15, 0.2) is 5.78 Å². The van der Waals surface area contributed by atoms with E-state index in [-0.39, 0.29) is 12.4 Å². The highest BCUT2D eigenvalue weighted by molar-refractivity contribution is 6.62. The molecule has 1 aromatic carbocycles. The molecule has 3 rings (SSSR count). The molecular formula is C22H34BNO5. The first-order chi connectivity index (χ1) is 13.6. The zero-order valence-corrected chi connectivity index (χ0v) is 18.6. The fourth-order valence-electron chi connectivity index (χ4n) is 3.51. The summed E-state index contributed by atoms with van der Waals surface area (Å²) in [5.41, 5.74) is 1.12. The minimum Gasteiger partial charge on any atom is -0.484 e. The number of ether oxygens (including phenoxy) is 2. The van der Waals surface area contributed by atoms with Crippen LogP contribution in [0.5, 0.6) is 5.75 Å². The van der Waals surface area contributed by atoms with Crippen LogP contribution in [0.15, 0.2) is 18.2 Å². The molecule has 0 aliphatic carbocycles. The van der Waals surface area contributed by atoms with Crippen LogP contribution in [0.2, 0.25) is 0 Å². The summed E-state index contributed by atoms with van der Waals surface area (Å²) in [6.07, 6.45) is 0.527. The van der Waals surface area contributed by atoms with E-state index in [9.17, 15) is 4.79 Å². The molecule has 2 heterocycles. The van der Waals surface area contributed by atoms with Gasteiger partial charge in [-0.25, -0.2) is 0 Å². The monoisotopic (exact) mass is 403 g/mol. The highest BCUT2D eigenvalue weighted by Crippen LogP contribution is 2.37. The van der Waals surface area contributed by atoms with E-state index >= 15 is 0 Å². The van der Waals surface area contributed by atoms with Gasteiger partial charge in [-0.05, 0) is 51.2 Å². The molecule has 0 atom stereocenters. The van der Waals surface area contributed by atoms with Gasteiger partial charge in [-0.2, -0.15) is 0 Å². The quantitative estimate of drug-likeness (QED) is 0.653. The molecule has 0 saturated carbocycles. The van der Waals surface area contributed by atoms with Gasteiger partial charge in [-0.3, -0.25) is 4.79 Å². The summed E-state index contributed by atoms with van der Waals surface area (Å²) in [6, 6.07) is 5.96. The predicted molar refractivity (Wildman–Crippen MR) is 115 cm³/mol. The number of benzene rings is 1. The molecule has 0 radical (unpaired) electrons. The van der Waals surface area contributed by atoms with Gasteiger partial charge in [0.05, 0.1) is 30.1 Å². The molecule has 2 fully saturated rings. The zero-order valence-electron chi connectivity index (χ0n) is 18.6. The summed E-state index contributed by atoms with van der Waals surface area (Å²) in [7, 11) is -0.434.